The number of halogens is 2. The summed E-state index contributed by atoms with van der Waals surface area (Å²) in [5.41, 5.74) is 2.43. The van der Waals surface area contributed by atoms with E-state index in [1.807, 2.05) is 30.3 Å². The van der Waals surface area contributed by atoms with Gasteiger partial charge < -0.3 is 5.32 Å². The Labute approximate surface area is 119 Å². The third-order valence-electron chi connectivity index (χ3n) is 2.60. The fourth-order valence-corrected chi connectivity index (χ4v) is 2.04. The van der Waals surface area contributed by atoms with Gasteiger partial charge in [-0.05, 0) is 24.3 Å². The van der Waals surface area contributed by atoms with E-state index in [0.29, 0.717) is 5.69 Å². The summed E-state index contributed by atoms with van der Waals surface area (Å²) in [4.78, 5) is 4.26. The molecule has 1 N–H and O–H groups in total. The Kier molecular flexibility index (Phi) is 3.19. The molecule has 0 fully saturated rings. The van der Waals surface area contributed by atoms with Crippen LogP contribution >= 0.6 is 23.2 Å². The van der Waals surface area contributed by atoms with Gasteiger partial charge in [0.15, 0.2) is 10.3 Å². The van der Waals surface area contributed by atoms with E-state index in [0.717, 1.165) is 16.6 Å². The zero-order valence-corrected chi connectivity index (χ0v) is 11.2. The van der Waals surface area contributed by atoms with Crippen LogP contribution in [0.1, 0.15) is 0 Å². The highest BCUT2D eigenvalue weighted by Gasteiger charge is 2.05. The van der Waals surface area contributed by atoms with Gasteiger partial charge in [-0.1, -0.05) is 29.3 Å². The Balaban J connectivity index is 1.98. The first-order chi connectivity index (χ1) is 9.22. The molecule has 3 rings (SSSR count). The van der Waals surface area contributed by atoms with Crippen LogP contribution in [0.3, 0.4) is 0 Å². The number of anilines is 2. The number of hydrogen-bond acceptors (Lipinski definition) is 4. The maximum absolute atomic E-state index is 5.96. The summed E-state index contributed by atoms with van der Waals surface area (Å²) in [6.45, 7) is 0. The zero-order valence-electron chi connectivity index (χ0n) is 9.64. The third kappa shape index (κ3) is 2.59. The molecule has 0 spiro atoms. The molecule has 19 heavy (non-hydrogen) atoms. The molecule has 0 saturated heterocycles. The van der Waals surface area contributed by atoms with Crippen LogP contribution in [0.25, 0.3) is 10.9 Å². The van der Waals surface area contributed by atoms with Gasteiger partial charge in [-0.2, -0.15) is 0 Å². The van der Waals surface area contributed by atoms with Crippen molar-refractivity contribution in [2.24, 2.45) is 0 Å². The summed E-state index contributed by atoms with van der Waals surface area (Å²) in [7, 11) is 0. The smallest absolute Gasteiger partial charge is 0.175 e. The first-order valence-electron chi connectivity index (χ1n) is 5.53. The molecule has 0 unspecified atom stereocenters. The van der Waals surface area contributed by atoms with Crippen molar-refractivity contribution in [2.45, 2.75) is 0 Å². The van der Waals surface area contributed by atoms with E-state index in [1.54, 1.807) is 12.3 Å². The van der Waals surface area contributed by atoms with Crippen molar-refractivity contribution in [1.29, 1.82) is 0 Å². The molecule has 3 aromatic rings. The molecule has 1 aromatic carbocycles. The van der Waals surface area contributed by atoms with Crippen molar-refractivity contribution >= 4 is 45.5 Å². The molecule has 2 aromatic heterocycles. The van der Waals surface area contributed by atoms with E-state index in [9.17, 15) is 0 Å². The fourth-order valence-electron chi connectivity index (χ4n) is 1.75. The van der Waals surface area contributed by atoms with Crippen LogP contribution in [0.4, 0.5) is 11.4 Å². The molecule has 0 aliphatic rings. The zero-order chi connectivity index (χ0) is 13.2. The number of nitrogens with one attached hydrogen (secondary N) is 1. The molecule has 0 amide bonds. The molecule has 0 atom stereocenters. The predicted molar refractivity (Wildman–Crippen MR) is 77.1 cm³/mol. The number of fused-ring (bicyclic) bond motifs is 1. The van der Waals surface area contributed by atoms with E-state index in [4.69, 9.17) is 23.2 Å². The van der Waals surface area contributed by atoms with Crippen LogP contribution in [-0.4, -0.2) is 15.2 Å². The summed E-state index contributed by atoms with van der Waals surface area (Å²) in [6, 6.07) is 11.3. The Hall–Kier alpha value is -1.91. The minimum atomic E-state index is 0.274. The van der Waals surface area contributed by atoms with Gasteiger partial charge in [0.05, 0.1) is 11.2 Å². The van der Waals surface area contributed by atoms with Crippen LogP contribution in [0.2, 0.25) is 10.3 Å². The molecule has 0 bridgehead atoms. The SMILES string of the molecule is Clc1cc(Nc2ccc3ncccc3c2)c(Cl)nn1. The molecule has 2 heterocycles. The second-order valence-electron chi connectivity index (χ2n) is 3.91. The van der Waals surface area contributed by atoms with Crippen molar-refractivity contribution in [3.63, 3.8) is 0 Å². The van der Waals surface area contributed by atoms with E-state index in [1.165, 1.54) is 0 Å². The van der Waals surface area contributed by atoms with Gasteiger partial charge in [0.1, 0.15) is 0 Å². The summed E-state index contributed by atoms with van der Waals surface area (Å²) in [5, 5.41) is 12.2. The molecule has 0 radical (unpaired) electrons. The maximum atomic E-state index is 5.96. The first-order valence-corrected chi connectivity index (χ1v) is 6.28. The van der Waals surface area contributed by atoms with Crippen molar-refractivity contribution in [1.82, 2.24) is 15.2 Å². The van der Waals surface area contributed by atoms with Gasteiger partial charge in [0, 0.05) is 23.3 Å². The van der Waals surface area contributed by atoms with Gasteiger partial charge in [0.25, 0.3) is 0 Å². The normalized spacial score (nSPS) is 10.6. The molecule has 94 valence electrons. The molecule has 4 nitrogen and oxygen atoms in total. The van der Waals surface area contributed by atoms with E-state index < -0.39 is 0 Å². The average Bonchev–Trinajstić information content (AvgIpc) is 2.43. The molecule has 0 saturated carbocycles. The van der Waals surface area contributed by atoms with Crippen LogP contribution in [0.5, 0.6) is 0 Å². The minimum absolute atomic E-state index is 0.274. The molecule has 0 aliphatic heterocycles. The predicted octanol–water partition coefficient (Wildman–Crippen LogP) is 4.08. The number of nitrogens with zero attached hydrogens (tertiary/aromatic N) is 3. The Morgan fingerprint density at radius 3 is 2.79 bits per heavy atom. The molecular weight excluding hydrogens is 283 g/mol. The number of aromatic nitrogens is 3. The highest BCUT2D eigenvalue weighted by Crippen LogP contribution is 2.26. The highest BCUT2D eigenvalue weighted by atomic mass is 35.5. The Morgan fingerprint density at radius 2 is 1.89 bits per heavy atom. The Morgan fingerprint density at radius 1 is 1.00 bits per heavy atom. The lowest BCUT2D eigenvalue weighted by atomic mass is 10.2. The topological polar surface area (TPSA) is 50.7 Å². The van der Waals surface area contributed by atoms with Crippen LogP contribution in [-0.2, 0) is 0 Å². The minimum Gasteiger partial charge on any atom is -0.353 e. The van der Waals surface area contributed by atoms with Gasteiger partial charge in [0.2, 0.25) is 0 Å². The van der Waals surface area contributed by atoms with Crippen LogP contribution in [0, 0.1) is 0 Å². The second-order valence-corrected chi connectivity index (χ2v) is 4.65. The lowest BCUT2D eigenvalue weighted by Gasteiger charge is -2.08. The van der Waals surface area contributed by atoms with E-state index >= 15 is 0 Å². The lowest BCUT2D eigenvalue weighted by Crippen LogP contribution is -1.95. The summed E-state index contributed by atoms with van der Waals surface area (Å²) in [6.07, 6.45) is 1.76. The summed E-state index contributed by atoms with van der Waals surface area (Å²) < 4.78 is 0. The largest absolute Gasteiger partial charge is 0.353 e. The van der Waals surface area contributed by atoms with Gasteiger partial charge in [-0.25, -0.2) is 0 Å². The number of rotatable bonds is 2. The van der Waals surface area contributed by atoms with Crippen molar-refractivity contribution < 1.29 is 0 Å². The van der Waals surface area contributed by atoms with Gasteiger partial charge in [-0.15, -0.1) is 10.2 Å². The second kappa shape index (κ2) is 4.99. The quantitative estimate of drug-likeness (QED) is 0.773. The van der Waals surface area contributed by atoms with Crippen LogP contribution in [0.15, 0.2) is 42.6 Å². The van der Waals surface area contributed by atoms with Crippen LogP contribution < -0.4 is 5.32 Å². The first kappa shape index (κ1) is 12.1. The van der Waals surface area contributed by atoms with E-state index in [-0.39, 0.29) is 10.3 Å². The van der Waals surface area contributed by atoms with E-state index in [2.05, 4.69) is 20.5 Å². The molecule has 6 heteroatoms. The number of benzene rings is 1. The highest BCUT2D eigenvalue weighted by molar-refractivity contribution is 6.33. The monoisotopic (exact) mass is 290 g/mol. The lowest BCUT2D eigenvalue weighted by molar-refractivity contribution is 1.03. The number of pyridine rings is 1. The molecule has 0 aliphatic carbocycles. The number of hydrogen-bond donors (Lipinski definition) is 1. The molecular formula is C13H8Cl2N4. The Bertz CT molecular complexity index is 746. The summed E-state index contributed by atoms with van der Waals surface area (Å²) in [5.74, 6) is 0. The maximum Gasteiger partial charge on any atom is 0.175 e. The summed E-state index contributed by atoms with van der Waals surface area (Å²) >= 11 is 11.8. The van der Waals surface area contributed by atoms with Crippen molar-refractivity contribution in [3.8, 4) is 0 Å². The standard InChI is InChI=1S/C13H8Cl2N4/c14-12-7-11(13(15)19-18-12)17-9-3-4-10-8(6-9)2-1-5-16-10/h1-7H,(H,17,18). The van der Waals surface area contributed by atoms with Crippen molar-refractivity contribution in [3.05, 3.63) is 52.9 Å². The van der Waals surface area contributed by atoms with Gasteiger partial charge in [-0.3, -0.25) is 4.98 Å². The van der Waals surface area contributed by atoms with Crippen molar-refractivity contribution in [2.75, 3.05) is 5.32 Å². The van der Waals surface area contributed by atoms with Gasteiger partial charge >= 0.3 is 0 Å². The third-order valence-corrected chi connectivity index (χ3v) is 3.06. The average molecular weight is 291 g/mol. The fraction of sp³-hybridized carbons (Fsp3) is 0.